The van der Waals surface area contributed by atoms with E-state index in [4.69, 9.17) is 0 Å². The zero-order valence-electron chi connectivity index (χ0n) is 16.0. The van der Waals surface area contributed by atoms with Crippen LogP contribution in [0.25, 0.3) is 0 Å². The molecule has 0 bridgehead atoms. The van der Waals surface area contributed by atoms with Gasteiger partial charge in [0, 0.05) is 17.5 Å². The number of urea groups is 1. The second kappa shape index (κ2) is 6.89. The molecule has 28 heavy (non-hydrogen) atoms. The maximum Gasteiger partial charge on any atom is 0.325 e. The average Bonchev–Trinajstić information content (AvgIpc) is 3.28. The predicted octanol–water partition coefficient (Wildman–Crippen LogP) is 2.52. The van der Waals surface area contributed by atoms with Crippen molar-refractivity contribution in [2.75, 3.05) is 13.6 Å². The first kappa shape index (κ1) is 18.9. The van der Waals surface area contributed by atoms with E-state index in [1.165, 1.54) is 4.90 Å². The Kier molecular flexibility index (Phi) is 4.66. The fraction of sp³-hybridized carbons (Fsp3) is 0.600. The van der Waals surface area contributed by atoms with Gasteiger partial charge in [0.25, 0.3) is 5.91 Å². The van der Waals surface area contributed by atoms with Crippen molar-refractivity contribution in [1.82, 2.24) is 15.1 Å². The molecule has 4 amide bonds. The van der Waals surface area contributed by atoms with Crippen molar-refractivity contribution in [3.63, 3.8) is 0 Å². The van der Waals surface area contributed by atoms with Gasteiger partial charge in [-0.25, -0.2) is 4.79 Å². The maximum atomic E-state index is 13.2. The molecule has 1 aromatic heterocycles. The van der Waals surface area contributed by atoms with E-state index in [0.717, 1.165) is 47.4 Å². The van der Waals surface area contributed by atoms with E-state index in [0.29, 0.717) is 19.3 Å². The van der Waals surface area contributed by atoms with Gasteiger partial charge in [0.1, 0.15) is 17.6 Å². The predicted molar refractivity (Wildman–Crippen MR) is 103 cm³/mol. The number of hydrogen-bond acceptors (Lipinski definition) is 5. The van der Waals surface area contributed by atoms with Crippen LogP contribution in [0.4, 0.5) is 4.79 Å². The molecule has 1 atom stereocenters. The van der Waals surface area contributed by atoms with E-state index in [1.807, 2.05) is 11.4 Å². The number of nitrogens with zero attached hydrogens (tertiary/aromatic N) is 3. The lowest BCUT2D eigenvalue weighted by molar-refractivity contribution is -0.141. The van der Waals surface area contributed by atoms with E-state index in [9.17, 15) is 19.6 Å². The summed E-state index contributed by atoms with van der Waals surface area (Å²) in [6.07, 6.45) is 6.40. The summed E-state index contributed by atoms with van der Waals surface area (Å²) < 4.78 is 0. The van der Waals surface area contributed by atoms with E-state index in [-0.39, 0.29) is 18.4 Å². The topological polar surface area (TPSA) is 93.5 Å². The van der Waals surface area contributed by atoms with E-state index < -0.39 is 17.1 Å². The first-order chi connectivity index (χ1) is 13.4. The third kappa shape index (κ3) is 2.72. The number of thiophene rings is 1. The molecule has 148 valence electrons. The van der Waals surface area contributed by atoms with Crippen molar-refractivity contribution in [1.29, 1.82) is 5.26 Å². The number of aryl methyl sites for hydroxylation is 1. The Morgan fingerprint density at radius 1 is 1.29 bits per heavy atom. The number of rotatable bonds is 3. The minimum absolute atomic E-state index is 0.328. The molecule has 0 aromatic carbocycles. The molecule has 1 aromatic rings. The SMILES string of the molecule is CN(C(=O)CN1C(=O)N[C@@]2(CCCc3sccc32)C1=O)C1(C#N)CCCCC1. The molecule has 2 fully saturated rings. The van der Waals surface area contributed by atoms with E-state index in [1.54, 1.807) is 18.4 Å². The zero-order valence-corrected chi connectivity index (χ0v) is 16.8. The Morgan fingerprint density at radius 2 is 2.04 bits per heavy atom. The van der Waals surface area contributed by atoms with Gasteiger partial charge in [-0.05, 0) is 43.6 Å². The highest BCUT2D eigenvalue weighted by atomic mass is 32.1. The fourth-order valence-electron chi connectivity index (χ4n) is 4.82. The van der Waals surface area contributed by atoms with Gasteiger partial charge in [-0.15, -0.1) is 11.3 Å². The van der Waals surface area contributed by atoms with Gasteiger partial charge in [-0.1, -0.05) is 19.3 Å². The van der Waals surface area contributed by atoms with Crippen LogP contribution < -0.4 is 5.32 Å². The molecule has 1 saturated carbocycles. The van der Waals surface area contributed by atoms with Gasteiger partial charge >= 0.3 is 6.03 Å². The zero-order chi connectivity index (χ0) is 19.9. The molecule has 7 nitrogen and oxygen atoms in total. The Labute approximate surface area is 168 Å². The molecular weight excluding hydrogens is 376 g/mol. The number of amides is 4. The molecule has 4 rings (SSSR count). The number of nitriles is 1. The summed E-state index contributed by atoms with van der Waals surface area (Å²) in [6.45, 7) is -0.328. The molecule has 2 heterocycles. The minimum atomic E-state index is -1.04. The van der Waals surface area contributed by atoms with Crippen LogP contribution in [0.5, 0.6) is 0 Å². The summed E-state index contributed by atoms with van der Waals surface area (Å²) in [4.78, 5) is 42.4. The molecule has 2 aliphatic carbocycles. The van der Waals surface area contributed by atoms with Crippen LogP contribution in [0.1, 0.15) is 55.4 Å². The Bertz CT molecular complexity index is 867. The number of likely N-dealkylation sites (N-methyl/N-ethyl adjacent to an activating group) is 1. The summed E-state index contributed by atoms with van der Waals surface area (Å²) in [5.74, 6) is -0.724. The lowest BCUT2D eigenvalue weighted by Gasteiger charge is -2.39. The van der Waals surface area contributed by atoms with Crippen molar-refractivity contribution in [2.24, 2.45) is 0 Å². The minimum Gasteiger partial charge on any atom is -0.325 e. The lowest BCUT2D eigenvalue weighted by Crippen LogP contribution is -2.53. The molecule has 1 N–H and O–H groups in total. The van der Waals surface area contributed by atoms with E-state index in [2.05, 4.69) is 11.4 Å². The fourth-order valence-corrected chi connectivity index (χ4v) is 5.82. The van der Waals surface area contributed by atoms with Crippen LogP contribution in [0.3, 0.4) is 0 Å². The Morgan fingerprint density at radius 3 is 2.75 bits per heavy atom. The van der Waals surface area contributed by atoms with Gasteiger partial charge < -0.3 is 10.2 Å². The van der Waals surface area contributed by atoms with Crippen LogP contribution in [-0.2, 0) is 21.5 Å². The van der Waals surface area contributed by atoms with Crippen LogP contribution in [-0.4, -0.2) is 46.8 Å². The average molecular weight is 401 g/mol. The summed E-state index contributed by atoms with van der Waals surface area (Å²) in [7, 11) is 1.61. The summed E-state index contributed by atoms with van der Waals surface area (Å²) in [6, 6.07) is 3.69. The molecule has 1 saturated heterocycles. The number of hydrogen-bond donors (Lipinski definition) is 1. The van der Waals surface area contributed by atoms with E-state index >= 15 is 0 Å². The second-order valence-corrected chi connectivity index (χ2v) is 9.00. The number of fused-ring (bicyclic) bond motifs is 2. The molecule has 0 unspecified atom stereocenters. The van der Waals surface area contributed by atoms with Gasteiger partial charge in [0.05, 0.1) is 6.07 Å². The van der Waals surface area contributed by atoms with Crippen molar-refractivity contribution in [3.8, 4) is 6.07 Å². The Hall–Kier alpha value is -2.40. The highest BCUT2D eigenvalue weighted by molar-refractivity contribution is 7.10. The van der Waals surface area contributed by atoms with Crippen molar-refractivity contribution >= 4 is 29.2 Å². The largest absolute Gasteiger partial charge is 0.325 e. The highest BCUT2D eigenvalue weighted by Gasteiger charge is 2.55. The van der Waals surface area contributed by atoms with Gasteiger partial charge in [-0.3, -0.25) is 14.5 Å². The number of nitrogens with one attached hydrogen (secondary N) is 1. The van der Waals surface area contributed by atoms with Crippen LogP contribution in [0.15, 0.2) is 11.4 Å². The number of imide groups is 1. The summed E-state index contributed by atoms with van der Waals surface area (Å²) in [5.41, 5.74) is -1.01. The van der Waals surface area contributed by atoms with Crippen LogP contribution in [0.2, 0.25) is 0 Å². The monoisotopic (exact) mass is 400 g/mol. The molecule has 1 spiro atoms. The van der Waals surface area contributed by atoms with Crippen LogP contribution in [0, 0.1) is 11.3 Å². The first-order valence-electron chi connectivity index (χ1n) is 9.82. The second-order valence-electron chi connectivity index (χ2n) is 7.99. The van der Waals surface area contributed by atoms with Crippen molar-refractivity contribution < 1.29 is 14.4 Å². The quantitative estimate of drug-likeness (QED) is 0.789. The molecule has 3 aliphatic rings. The smallest absolute Gasteiger partial charge is 0.325 e. The van der Waals surface area contributed by atoms with Crippen molar-refractivity contribution in [3.05, 3.63) is 21.9 Å². The number of carbonyl (C=O) groups is 3. The molecule has 8 heteroatoms. The van der Waals surface area contributed by atoms with Gasteiger partial charge in [0.15, 0.2) is 0 Å². The number of carbonyl (C=O) groups excluding carboxylic acids is 3. The molecule has 0 radical (unpaired) electrons. The Balaban J connectivity index is 1.55. The normalized spacial score (nSPS) is 25.9. The highest BCUT2D eigenvalue weighted by Crippen LogP contribution is 2.42. The lowest BCUT2D eigenvalue weighted by atomic mass is 9.80. The van der Waals surface area contributed by atoms with Gasteiger partial charge in [-0.2, -0.15) is 5.26 Å². The van der Waals surface area contributed by atoms with Gasteiger partial charge in [0.2, 0.25) is 5.91 Å². The van der Waals surface area contributed by atoms with Crippen LogP contribution >= 0.6 is 11.3 Å². The summed E-state index contributed by atoms with van der Waals surface area (Å²) in [5, 5.41) is 14.5. The first-order valence-corrected chi connectivity index (χ1v) is 10.7. The van der Waals surface area contributed by atoms with Crippen molar-refractivity contribution in [2.45, 2.75) is 62.4 Å². The third-order valence-corrected chi connectivity index (χ3v) is 7.52. The summed E-state index contributed by atoms with van der Waals surface area (Å²) >= 11 is 1.60. The standard InChI is InChI=1S/C20H24N4O3S/c1-23(19(13-21)8-3-2-4-9-19)16(25)12-24-17(26)20(22-18(24)27)10-5-6-15-14(20)7-11-28-15/h7,11H,2-6,8-10,12H2,1H3,(H,22,27)/t20-/m1/s1. The maximum absolute atomic E-state index is 13.2. The third-order valence-electron chi connectivity index (χ3n) is 6.53. The molecular formula is C20H24N4O3S. The molecule has 1 aliphatic heterocycles.